The Bertz CT molecular complexity index is 468. The van der Waals surface area contributed by atoms with Crippen LogP contribution in [0.1, 0.15) is 22.7 Å². The standard InChI is InChI=1S/C14H17N3/c1-11-4-3-5-12(6-11)7-14(15-2)13-8-16-10-17-9-13/h3-6,8-10,14-15H,7H2,1-2H3. The number of hydrogen-bond acceptors (Lipinski definition) is 3. The molecule has 88 valence electrons. The van der Waals surface area contributed by atoms with E-state index in [9.17, 15) is 0 Å². The van der Waals surface area contributed by atoms with E-state index in [1.807, 2.05) is 19.4 Å². The van der Waals surface area contributed by atoms with Gasteiger partial charge >= 0.3 is 0 Å². The van der Waals surface area contributed by atoms with E-state index in [0.29, 0.717) is 0 Å². The van der Waals surface area contributed by atoms with Crippen LogP contribution < -0.4 is 5.32 Å². The average molecular weight is 227 g/mol. The molecule has 0 saturated carbocycles. The van der Waals surface area contributed by atoms with Crippen molar-refractivity contribution >= 4 is 0 Å². The fraction of sp³-hybridized carbons (Fsp3) is 0.286. The summed E-state index contributed by atoms with van der Waals surface area (Å²) in [6.45, 7) is 2.11. The lowest BCUT2D eigenvalue weighted by Gasteiger charge is -2.16. The minimum atomic E-state index is 0.262. The van der Waals surface area contributed by atoms with E-state index >= 15 is 0 Å². The molecule has 0 spiro atoms. The molecule has 1 N–H and O–H groups in total. The van der Waals surface area contributed by atoms with Gasteiger partial charge in [-0.3, -0.25) is 0 Å². The highest BCUT2D eigenvalue weighted by molar-refractivity contribution is 5.24. The maximum Gasteiger partial charge on any atom is 0.115 e. The molecule has 0 fully saturated rings. The second-order valence-corrected chi connectivity index (χ2v) is 4.21. The molecular formula is C14H17N3. The topological polar surface area (TPSA) is 37.8 Å². The second-order valence-electron chi connectivity index (χ2n) is 4.21. The number of aryl methyl sites for hydroxylation is 1. The van der Waals surface area contributed by atoms with Crippen LogP contribution in [0, 0.1) is 6.92 Å². The highest BCUT2D eigenvalue weighted by Gasteiger charge is 2.10. The highest BCUT2D eigenvalue weighted by atomic mass is 14.9. The fourth-order valence-electron chi connectivity index (χ4n) is 1.95. The third-order valence-electron chi connectivity index (χ3n) is 2.85. The van der Waals surface area contributed by atoms with Crippen molar-refractivity contribution in [2.24, 2.45) is 0 Å². The molecule has 17 heavy (non-hydrogen) atoms. The van der Waals surface area contributed by atoms with Gasteiger partial charge < -0.3 is 5.32 Å². The molecule has 2 aromatic rings. The third kappa shape index (κ3) is 3.11. The van der Waals surface area contributed by atoms with Gasteiger partial charge in [0.2, 0.25) is 0 Å². The number of benzene rings is 1. The van der Waals surface area contributed by atoms with Crippen molar-refractivity contribution in [3.8, 4) is 0 Å². The Kier molecular flexibility index (Phi) is 3.83. The number of hydrogen-bond donors (Lipinski definition) is 1. The summed E-state index contributed by atoms with van der Waals surface area (Å²) in [7, 11) is 1.97. The van der Waals surface area contributed by atoms with E-state index in [2.05, 4.69) is 46.5 Å². The molecule has 0 bridgehead atoms. The number of aromatic nitrogens is 2. The van der Waals surface area contributed by atoms with Crippen LogP contribution in [0.5, 0.6) is 0 Å². The lowest BCUT2D eigenvalue weighted by Crippen LogP contribution is -2.19. The van der Waals surface area contributed by atoms with Gasteiger partial charge in [-0.15, -0.1) is 0 Å². The average Bonchev–Trinajstić information content (AvgIpc) is 2.37. The summed E-state index contributed by atoms with van der Waals surface area (Å²) in [5.41, 5.74) is 3.74. The summed E-state index contributed by atoms with van der Waals surface area (Å²) < 4.78 is 0. The minimum absolute atomic E-state index is 0.262. The summed E-state index contributed by atoms with van der Waals surface area (Å²) >= 11 is 0. The van der Waals surface area contributed by atoms with Gasteiger partial charge in [-0.1, -0.05) is 29.8 Å². The summed E-state index contributed by atoms with van der Waals surface area (Å²) in [6, 6.07) is 8.84. The number of likely N-dealkylation sites (N-methyl/N-ethyl adjacent to an activating group) is 1. The molecular weight excluding hydrogens is 210 g/mol. The van der Waals surface area contributed by atoms with E-state index < -0.39 is 0 Å². The largest absolute Gasteiger partial charge is 0.313 e. The maximum absolute atomic E-state index is 4.06. The molecule has 3 nitrogen and oxygen atoms in total. The van der Waals surface area contributed by atoms with Gasteiger partial charge in [0.05, 0.1) is 0 Å². The monoisotopic (exact) mass is 227 g/mol. The molecule has 1 unspecified atom stereocenters. The first-order valence-electron chi connectivity index (χ1n) is 5.77. The second kappa shape index (κ2) is 5.55. The molecule has 1 aromatic carbocycles. The Morgan fingerprint density at radius 3 is 2.65 bits per heavy atom. The number of nitrogens with one attached hydrogen (secondary N) is 1. The van der Waals surface area contributed by atoms with E-state index in [0.717, 1.165) is 12.0 Å². The van der Waals surface area contributed by atoms with Crippen molar-refractivity contribution < 1.29 is 0 Å². The molecule has 0 radical (unpaired) electrons. The molecule has 0 aliphatic rings. The van der Waals surface area contributed by atoms with Crippen molar-refractivity contribution in [1.82, 2.24) is 15.3 Å². The molecule has 1 heterocycles. The summed E-state index contributed by atoms with van der Waals surface area (Å²) in [5.74, 6) is 0. The Labute approximate surface area is 102 Å². The predicted octanol–water partition coefficient (Wildman–Crippen LogP) is 2.29. The first-order chi connectivity index (χ1) is 8.29. The molecule has 0 amide bonds. The number of rotatable bonds is 4. The van der Waals surface area contributed by atoms with Gasteiger partial charge in [0, 0.05) is 24.0 Å². The highest BCUT2D eigenvalue weighted by Crippen LogP contribution is 2.17. The Hall–Kier alpha value is -1.74. The van der Waals surface area contributed by atoms with Crippen LogP contribution in [0.3, 0.4) is 0 Å². The van der Waals surface area contributed by atoms with Crippen LogP contribution >= 0.6 is 0 Å². The zero-order chi connectivity index (χ0) is 12.1. The molecule has 2 rings (SSSR count). The Morgan fingerprint density at radius 1 is 1.24 bits per heavy atom. The minimum Gasteiger partial charge on any atom is -0.313 e. The van der Waals surface area contributed by atoms with Crippen LogP contribution in [0.25, 0.3) is 0 Å². The summed E-state index contributed by atoms with van der Waals surface area (Å²) in [4.78, 5) is 8.12. The number of nitrogens with zero attached hydrogens (tertiary/aromatic N) is 2. The van der Waals surface area contributed by atoms with Gasteiger partial charge in [-0.05, 0) is 26.0 Å². The van der Waals surface area contributed by atoms with Crippen molar-refractivity contribution in [2.45, 2.75) is 19.4 Å². The van der Waals surface area contributed by atoms with E-state index in [4.69, 9.17) is 0 Å². The zero-order valence-corrected chi connectivity index (χ0v) is 10.2. The van der Waals surface area contributed by atoms with E-state index in [-0.39, 0.29) is 6.04 Å². The van der Waals surface area contributed by atoms with Crippen molar-refractivity contribution in [3.63, 3.8) is 0 Å². The van der Waals surface area contributed by atoms with Gasteiger partial charge in [0.1, 0.15) is 6.33 Å². The first-order valence-corrected chi connectivity index (χ1v) is 5.77. The quantitative estimate of drug-likeness (QED) is 0.870. The SMILES string of the molecule is CNC(Cc1cccc(C)c1)c1cncnc1. The van der Waals surface area contributed by atoms with Crippen molar-refractivity contribution in [2.75, 3.05) is 7.05 Å². The Balaban J connectivity index is 2.16. The van der Waals surface area contributed by atoms with Crippen LogP contribution in [-0.2, 0) is 6.42 Å². The van der Waals surface area contributed by atoms with Gasteiger partial charge in [0.25, 0.3) is 0 Å². The first kappa shape index (κ1) is 11.7. The van der Waals surface area contributed by atoms with Crippen LogP contribution in [0.2, 0.25) is 0 Å². The van der Waals surface area contributed by atoms with E-state index in [1.54, 1.807) is 6.33 Å². The Morgan fingerprint density at radius 2 is 2.00 bits per heavy atom. The van der Waals surface area contributed by atoms with Gasteiger partial charge in [-0.2, -0.15) is 0 Å². The zero-order valence-electron chi connectivity index (χ0n) is 10.2. The summed E-state index contributed by atoms with van der Waals surface area (Å²) in [5, 5.41) is 3.31. The molecule has 0 aliphatic carbocycles. The van der Waals surface area contributed by atoms with Crippen LogP contribution in [0.4, 0.5) is 0 Å². The van der Waals surface area contributed by atoms with E-state index in [1.165, 1.54) is 11.1 Å². The molecule has 3 heteroatoms. The van der Waals surface area contributed by atoms with Crippen molar-refractivity contribution in [1.29, 1.82) is 0 Å². The van der Waals surface area contributed by atoms with Crippen LogP contribution in [0.15, 0.2) is 43.0 Å². The molecule has 1 aromatic heterocycles. The fourth-order valence-corrected chi connectivity index (χ4v) is 1.95. The molecule has 0 aliphatic heterocycles. The lowest BCUT2D eigenvalue weighted by atomic mass is 10.00. The van der Waals surface area contributed by atoms with Crippen molar-refractivity contribution in [3.05, 3.63) is 59.7 Å². The van der Waals surface area contributed by atoms with Gasteiger partial charge in [-0.25, -0.2) is 9.97 Å². The normalized spacial score (nSPS) is 12.4. The smallest absolute Gasteiger partial charge is 0.115 e. The summed E-state index contributed by atoms with van der Waals surface area (Å²) in [6.07, 6.45) is 6.24. The van der Waals surface area contributed by atoms with Gasteiger partial charge in [0.15, 0.2) is 0 Å². The molecule has 1 atom stereocenters. The predicted molar refractivity (Wildman–Crippen MR) is 68.7 cm³/mol. The van der Waals surface area contributed by atoms with Crippen LogP contribution in [-0.4, -0.2) is 17.0 Å². The lowest BCUT2D eigenvalue weighted by molar-refractivity contribution is 0.587. The maximum atomic E-state index is 4.06. The third-order valence-corrected chi connectivity index (χ3v) is 2.85. The molecule has 0 saturated heterocycles.